The van der Waals surface area contributed by atoms with Gasteiger partial charge in [0.05, 0.1) is 11.7 Å². The SMILES string of the molecule is C=CC(=O)Nc1ccc2cn[nH]c2c1. The number of fused-ring (bicyclic) bond motifs is 1. The minimum absolute atomic E-state index is 0.219. The summed E-state index contributed by atoms with van der Waals surface area (Å²) in [5.41, 5.74) is 1.62. The van der Waals surface area contributed by atoms with Crippen LogP contribution in [-0.2, 0) is 4.79 Å². The Bertz CT molecular complexity index is 487. The zero-order valence-electron chi connectivity index (χ0n) is 7.45. The van der Waals surface area contributed by atoms with Gasteiger partial charge in [-0.1, -0.05) is 6.58 Å². The molecular weight excluding hydrogens is 178 g/mol. The van der Waals surface area contributed by atoms with E-state index in [0.29, 0.717) is 0 Å². The highest BCUT2D eigenvalue weighted by atomic mass is 16.1. The molecule has 0 aliphatic carbocycles. The predicted molar refractivity (Wildman–Crippen MR) is 54.9 cm³/mol. The summed E-state index contributed by atoms with van der Waals surface area (Å²) in [5, 5.41) is 10.4. The molecule has 1 aromatic carbocycles. The van der Waals surface area contributed by atoms with Crippen molar-refractivity contribution >= 4 is 22.5 Å². The summed E-state index contributed by atoms with van der Waals surface area (Å²) < 4.78 is 0. The van der Waals surface area contributed by atoms with E-state index in [9.17, 15) is 4.79 Å². The number of carbonyl (C=O) groups is 1. The van der Waals surface area contributed by atoms with Crippen molar-refractivity contribution < 1.29 is 4.79 Å². The lowest BCUT2D eigenvalue weighted by Gasteiger charge is -2.00. The van der Waals surface area contributed by atoms with Gasteiger partial charge in [-0.15, -0.1) is 0 Å². The van der Waals surface area contributed by atoms with Gasteiger partial charge in [0, 0.05) is 11.1 Å². The first-order chi connectivity index (χ1) is 6.79. The monoisotopic (exact) mass is 187 g/mol. The summed E-state index contributed by atoms with van der Waals surface area (Å²) in [7, 11) is 0. The number of hydrogen-bond donors (Lipinski definition) is 2. The summed E-state index contributed by atoms with van der Waals surface area (Å²) >= 11 is 0. The van der Waals surface area contributed by atoms with Crippen molar-refractivity contribution in [1.29, 1.82) is 0 Å². The van der Waals surface area contributed by atoms with Gasteiger partial charge in [0.2, 0.25) is 5.91 Å². The molecular formula is C10H9N3O. The number of nitrogens with one attached hydrogen (secondary N) is 2. The Morgan fingerprint density at radius 1 is 1.57 bits per heavy atom. The molecule has 14 heavy (non-hydrogen) atoms. The smallest absolute Gasteiger partial charge is 0.247 e. The Morgan fingerprint density at radius 3 is 3.21 bits per heavy atom. The van der Waals surface area contributed by atoms with Gasteiger partial charge in [0.25, 0.3) is 0 Å². The molecule has 0 unspecified atom stereocenters. The molecule has 0 bridgehead atoms. The van der Waals surface area contributed by atoms with Crippen LogP contribution in [0.4, 0.5) is 5.69 Å². The topological polar surface area (TPSA) is 57.8 Å². The average Bonchev–Trinajstić information content (AvgIpc) is 2.64. The van der Waals surface area contributed by atoms with Gasteiger partial charge in [0.15, 0.2) is 0 Å². The van der Waals surface area contributed by atoms with Crippen LogP contribution in [0.1, 0.15) is 0 Å². The normalized spacial score (nSPS) is 10.0. The average molecular weight is 187 g/mol. The molecule has 0 aliphatic rings. The maximum Gasteiger partial charge on any atom is 0.247 e. The highest BCUT2D eigenvalue weighted by Gasteiger charge is 1.99. The van der Waals surface area contributed by atoms with E-state index in [1.165, 1.54) is 6.08 Å². The first-order valence-corrected chi connectivity index (χ1v) is 4.16. The van der Waals surface area contributed by atoms with Crippen LogP contribution in [-0.4, -0.2) is 16.1 Å². The Kier molecular flexibility index (Phi) is 2.02. The number of benzene rings is 1. The van der Waals surface area contributed by atoms with Crippen molar-refractivity contribution in [3.63, 3.8) is 0 Å². The zero-order valence-corrected chi connectivity index (χ0v) is 7.45. The van der Waals surface area contributed by atoms with Crippen LogP contribution in [0.25, 0.3) is 10.9 Å². The maximum absolute atomic E-state index is 11.0. The van der Waals surface area contributed by atoms with E-state index in [0.717, 1.165) is 16.6 Å². The fourth-order valence-electron chi connectivity index (χ4n) is 1.21. The van der Waals surface area contributed by atoms with Crippen molar-refractivity contribution in [1.82, 2.24) is 10.2 Å². The van der Waals surface area contributed by atoms with Crippen LogP contribution >= 0.6 is 0 Å². The number of aromatic nitrogens is 2. The minimum Gasteiger partial charge on any atom is -0.322 e. The third kappa shape index (κ3) is 1.50. The van der Waals surface area contributed by atoms with E-state index >= 15 is 0 Å². The van der Waals surface area contributed by atoms with Crippen LogP contribution in [0.3, 0.4) is 0 Å². The van der Waals surface area contributed by atoms with Crippen LogP contribution in [0, 0.1) is 0 Å². The molecule has 2 N–H and O–H groups in total. The molecule has 0 aliphatic heterocycles. The summed E-state index contributed by atoms with van der Waals surface area (Å²) in [5.74, 6) is -0.219. The van der Waals surface area contributed by atoms with E-state index in [2.05, 4.69) is 22.1 Å². The van der Waals surface area contributed by atoms with Crippen LogP contribution in [0.2, 0.25) is 0 Å². The highest BCUT2D eigenvalue weighted by Crippen LogP contribution is 2.16. The molecule has 0 spiro atoms. The number of nitrogens with zero attached hydrogens (tertiary/aromatic N) is 1. The van der Waals surface area contributed by atoms with Crippen molar-refractivity contribution in [3.8, 4) is 0 Å². The molecule has 70 valence electrons. The van der Waals surface area contributed by atoms with Gasteiger partial charge in [-0.25, -0.2) is 0 Å². The van der Waals surface area contributed by atoms with Crippen molar-refractivity contribution in [2.24, 2.45) is 0 Å². The largest absolute Gasteiger partial charge is 0.322 e. The van der Waals surface area contributed by atoms with E-state index in [1.807, 2.05) is 18.2 Å². The highest BCUT2D eigenvalue weighted by molar-refractivity contribution is 6.00. The number of amides is 1. The Balaban J connectivity index is 2.34. The second-order valence-electron chi connectivity index (χ2n) is 2.87. The predicted octanol–water partition coefficient (Wildman–Crippen LogP) is 1.69. The van der Waals surface area contributed by atoms with E-state index in [-0.39, 0.29) is 5.91 Å². The Hall–Kier alpha value is -2.10. The number of hydrogen-bond acceptors (Lipinski definition) is 2. The van der Waals surface area contributed by atoms with Gasteiger partial charge in [0.1, 0.15) is 0 Å². The molecule has 0 fully saturated rings. The Morgan fingerprint density at radius 2 is 2.43 bits per heavy atom. The van der Waals surface area contributed by atoms with Gasteiger partial charge >= 0.3 is 0 Å². The molecule has 2 rings (SSSR count). The number of rotatable bonds is 2. The van der Waals surface area contributed by atoms with Crippen LogP contribution in [0.5, 0.6) is 0 Å². The van der Waals surface area contributed by atoms with Crippen molar-refractivity contribution in [3.05, 3.63) is 37.1 Å². The summed E-state index contributed by atoms with van der Waals surface area (Å²) in [6.07, 6.45) is 2.96. The van der Waals surface area contributed by atoms with E-state index in [1.54, 1.807) is 6.20 Å². The van der Waals surface area contributed by atoms with Gasteiger partial charge in [-0.3, -0.25) is 9.89 Å². The molecule has 4 nitrogen and oxygen atoms in total. The molecule has 1 aromatic heterocycles. The number of aromatic amines is 1. The van der Waals surface area contributed by atoms with Crippen molar-refractivity contribution in [2.45, 2.75) is 0 Å². The summed E-state index contributed by atoms with van der Waals surface area (Å²) in [6, 6.07) is 5.53. The fraction of sp³-hybridized carbons (Fsp3) is 0. The third-order valence-corrected chi connectivity index (χ3v) is 1.89. The molecule has 0 saturated heterocycles. The van der Waals surface area contributed by atoms with Crippen LogP contribution < -0.4 is 5.32 Å². The van der Waals surface area contributed by atoms with Crippen molar-refractivity contribution in [2.75, 3.05) is 5.32 Å². The molecule has 0 atom stereocenters. The van der Waals surface area contributed by atoms with Crippen LogP contribution in [0.15, 0.2) is 37.1 Å². The third-order valence-electron chi connectivity index (χ3n) is 1.89. The fourth-order valence-corrected chi connectivity index (χ4v) is 1.21. The number of anilines is 1. The molecule has 1 amide bonds. The number of H-pyrrole nitrogens is 1. The molecule has 1 heterocycles. The maximum atomic E-state index is 11.0. The van der Waals surface area contributed by atoms with Gasteiger partial charge in [-0.2, -0.15) is 5.10 Å². The number of carbonyl (C=O) groups excluding carboxylic acids is 1. The second-order valence-corrected chi connectivity index (χ2v) is 2.87. The Labute approximate surface area is 80.6 Å². The molecule has 2 aromatic rings. The van der Waals surface area contributed by atoms with E-state index < -0.39 is 0 Å². The lowest BCUT2D eigenvalue weighted by Crippen LogP contribution is -2.06. The molecule has 4 heteroatoms. The standard InChI is InChI=1S/C10H9N3O/c1-2-10(14)12-8-4-3-7-6-11-13-9(7)5-8/h2-6H,1H2,(H,11,13)(H,12,14). The second kappa shape index (κ2) is 3.33. The first kappa shape index (κ1) is 8.50. The summed E-state index contributed by atoms with van der Waals surface area (Å²) in [4.78, 5) is 11.0. The summed E-state index contributed by atoms with van der Waals surface area (Å²) in [6.45, 7) is 3.38. The van der Waals surface area contributed by atoms with E-state index in [4.69, 9.17) is 0 Å². The molecule has 0 radical (unpaired) electrons. The molecule has 0 saturated carbocycles. The lowest BCUT2D eigenvalue weighted by molar-refractivity contribution is -0.111. The minimum atomic E-state index is -0.219. The van der Waals surface area contributed by atoms with Gasteiger partial charge < -0.3 is 5.32 Å². The first-order valence-electron chi connectivity index (χ1n) is 4.16. The van der Waals surface area contributed by atoms with Gasteiger partial charge in [-0.05, 0) is 24.3 Å². The quantitative estimate of drug-likeness (QED) is 0.703. The lowest BCUT2D eigenvalue weighted by atomic mass is 10.2. The zero-order chi connectivity index (χ0) is 9.97.